The van der Waals surface area contributed by atoms with Crippen LogP contribution in [0, 0.1) is 23.7 Å². The zero-order valence-corrected chi connectivity index (χ0v) is 12.9. The molecule has 0 aromatic heterocycles. The Hall–Kier alpha value is -1.62. The molecule has 2 bridgehead atoms. The summed E-state index contributed by atoms with van der Waals surface area (Å²) in [5, 5.41) is 12.3. The fourth-order valence-corrected chi connectivity index (χ4v) is 3.88. The highest BCUT2D eigenvalue weighted by molar-refractivity contribution is 9.10. The maximum atomic E-state index is 12.6. The van der Waals surface area contributed by atoms with E-state index in [0.29, 0.717) is 5.69 Å². The van der Waals surface area contributed by atoms with Crippen LogP contribution in [0.2, 0.25) is 0 Å². The SMILES string of the molecule is O=C(O)[C@@H]1[C@@H](C(=O)Nc2cccc(Br)c2)[C@H]2C=C[C@H]1CC2. The minimum Gasteiger partial charge on any atom is -0.481 e. The quantitative estimate of drug-likeness (QED) is 0.822. The summed E-state index contributed by atoms with van der Waals surface area (Å²) in [5.41, 5.74) is 0.684. The van der Waals surface area contributed by atoms with Gasteiger partial charge in [-0.15, -0.1) is 0 Å². The van der Waals surface area contributed by atoms with E-state index in [0.717, 1.165) is 17.3 Å². The highest BCUT2D eigenvalue weighted by atomic mass is 79.9. The van der Waals surface area contributed by atoms with Gasteiger partial charge in [0.05, 0.1) is 11.8 Å². The van der Waals surface area contributed by atoms with Gasteiger partial charge in [-0.1, -0.05) is 34.1 Å². The van der Waals surface area contributed by atoms with Crippen LogP contribution in [0.3, 0.4) is 0 Å². The summed E-state index contributed by atoms with van der Waals surface area (Å²) in [7, 11) is 0. The van der Waals surface area contributed by atoms with Crippen molar-refractivity contribution in [3.05, 3.63) is 40.9 Å². The van der Waals surface area contributed by atoms with Crippen LogP contribution >= 0.6 is 15.9 Å². The summed E-state index contributed by atoms with van der Waals surface area (Å²) in [4.78, 5) is 24.1. The van der Waals surface area contributed by atoms with Gasteiger partial charge in [0, 0.05) is 10.2 Å². The van der Waals surface area contributed by atoms with Crippen molar-refractivity contribution in [2.75, 3.05) is 5.32 Å². The van der Waals surface area contributed by atoms with E-state index < -0.39 is 17.8 Å². The number of fused-ring (bicyclic) bond motifs is 2. The molecule has 3 aliphatic rings. The highest BCUT2D eigenvalue weighted by Crippen LogP contribution is 2.45. The third-order valence-corrected chi connectivity index (χ3v) is 4.92. The van der Waals surface area contributed by atoms with Gasteiger partial charge in [0.25, 0.3) is 0 Å². The Morgan fingerprint density at radius 1 is 1.14 bits per heavy atom. The van der Waals surface area contributed by atoms with Crippen LogP contribution in [0.15, 0.2) is 40.9 Å². The average Bonchev–Trinajstić information content (AvgIpc) is 2.47. The lowest BCUT2D eigenvalue weighted by atomic mass is 9.62. The summed E-state index contributed by atoms with van der Waals surface area (Å²) >= 11 is 3.36. The predicted molar refractivity (Wildman–Crippen MR) is 82.7 cm³/mol. The number of hydrogen-bond donors (Lipinski definition) is 2. The van der Waals surface area contributed by atoms with Gasteiger partial charge < -0.3 is 10.4 Å². The lowest BCUT2D eigenvalue weighted by Crippen LogP contribution is -2.47. The number of hydrogen-bond acceptors (Lipinski definition) is 2. The Balaban J connectivity index is 1.83. The van der Waals surface area contributed by atoms with Gasteiger partial charge in [0.15, 0.2) is 0 Å². The van der Waals surface area contributed by atoms with Crippen molar-refractivity contribution in [3.63, 3.8) is 0 Å². The summed E-state index contributed by atoms with van der Waals surface area (Å²) in [6.45, 7) is 0. The van der Waals surface area contributed by atoms with Crippen LogP contribution in [-0.4, -0.2) is 17.0 Å². The monoisotopic (exact) mass is 349 g/mol. The first-order valence-electron chi connectivity index (χ1n) is 7.04. The molecule has 1 aromatic rings. The molecule has 4 rings (SSSR count). The largest absolute Gasteiger partial charge is 0.481 e. The molecule has 1 fully saturated rings. The van der Waals surface area contributed by atoms with E-state index in [9.17, 15) is 14.7 Å². The highest BCUT2D eigenvalue weighted by Gasteiger charge is 2.48. The zero-order valence-electron chi connectivity index (χ0n) is 11.3. The number of nitrogens with one attached hydrogen (secondary N) is 1. The molecular formula is C16H16BrNO3. The number of carbonyl (C=O) groups excluding carboxylic acids is 1. The van der Waals surface area contributed by atoms with Gasteiger partial charge in [-0.2, -0.15) is 0 Å². The Kier molecular flexibility index (Phi) is 3.85. The van der Waals surface area contributed by atoms with Gasteiger partial charge in [0.1, 0.15) is 0 Å². The molecule has 110 valence electrons. The van der Waals surface area contributed by atoms with Crippen LogP contribution in [0.4, 0.5) is 5.69 Å². The first-order chi connectivity index (χ1) is 10.1. The standard InChI is InChI=1S/C16H16BrNO3/c17-11-2-1-3-12(8-11)18-15(19)13-9-4-6-10(7-5-9)14(13)16(20)21/h1-4,6,8-10,13-14H,5,7H2,(H,18,19)(H,20,21)/t9-,10-,13-,14-/m0/s1. The van der Waals surface area contributed by atoms with Crippen molar-refractivity contribution < 1.29 is 14.7 Å². The van der Waals surface area contributed by atoms with E-state index in [1.54, 1.807) is 6.07 Å². The van der Waals surface area contributed by atoms with Crippen LogP contribution in [0.25, 0.3) is 0 Å². The molecule has 21 heavy (non-hydrogen) atoms. The Labute approximate surface area is 131 Å². The number of anilines is 1. The smallest absolute Gasteiger partial charge is 0.307 e. The van der Waals surface area contributed by atoms with Gasteiger partial charge in [-0.05, 0) is 42.9 Å². The second-order valence-electron chi connectivity index (χ2n) is 5.68. The van der Waals surface area contributed by atoms with Gasteiger partial charge >= 0.3 is 5.97 Å². The third-order valence-electron chi connectivity index (χ3n) is 4.43. The molecule has 2 N–H and O–H groups in total. The van der Waals surface area contributed by atoms with E-state index >= 15 is 0 Å². The number of halogens is 1. The fraction of sp³-hybridized carbons (Fsp3) is 0.375. The lowest BCUT2D eigenvalue weighted by molar-refractivity contribution is -0.151. The van der Waals surface area contributed by atoms with Crippen molar-refractivity contribution in [2.45, 2.75) is 12.8 Å². The van der Waals surface area contributed by atoms with Crippen LogP contribution in [0.5, 0.6) is 0 Å². The number of rotatable bonds is 3. The van der Waals surface area contributed by atoms with Gasteiger partial charge in [-0.3, -0.25) is 9.59 Å². The van der Waals surface area contributed by atoms with E-state index in [-0.39, 0.29) is 17.7 Å². The number of benzene rings is 1. The van der Waals surface area contributed by atoms with Crippen molar-refractivity contribution in [2.24, 2.45) is 23.7 Å². The minimum atomic E-state index is -0.872. The summed E-state index contributed by atoms with van der Waals surface area (Å²) in [6, 6.07) is 7.32. The Morgan fingerprint density at radius 3 is 2.38 bits per heavy atom. The number of carbonyl (C=O) groups is 2. The average molecular weight is 350 g/mol. The van der Waals surface area contributed by atoms with E-state index in [2.05, 4.69) is 21.2 Å². The molecule has 4 nitrogen and oxygen atoms in total. The van der Waals surface area contributed by atoms with Crippen molar-refractivity contribution >= 4 is 33.5 Å². The number of carboxylic acid groups (broad SMARTS) is 1. The fourth-order valence-electron chi connectivity index (χ4n) is 3.48. The van der Waals surface area contributed by atoms with Gasteiger partial charge in [-0.25, -0.2) is 0 Å². The predicted octanol–water partition coefficient (Wildman–Crippen LogP) is 3.30. The number of amides is 1. The third kappa shape index (κ3) is 2.75. The maximum absolute atomic E-state index is 12.6. The van der Waals surface area contributed by atoms with E-state index in [1.807, 2.05) is 30.4 Å². The van der Waals surface area contributed by atoms with Crippen molar-refractivity contribution in [1.82, 2.24) is 0 Å². The number of allylic oxidation sites excluding steroid dienone is 2. The molecule has 0 heterocycles. The van der Waals surface area contributed by atoms with Gasteiger partial charge in [0.2, 0.25) is 5.91 Å². The second kappa shape index (κ2) is 5.64. The molecule has 5 heteroatoms. The molecule has 1 aromatic carbocycles. The Bertz CT molecular complexity index is 613. The lowest BCUT2D eigenvalue weighted by Gasteiger charge is -2.41. The second-order valence-corrected chi connectivity index (χ2v) is 6.60. The van der Waals surface area contributed by atoms with Crippen molar-refractivity contribution in [1.29, 1.82) is 0 Å². The molecular weight excluding hydrogens is 334 g/mol. The maximum Gasteiger partial charge on any atom is 0.307 e. The molecule has 0 spiro atoms. The molecule has 0 aliphatic heterocycles. The molecule has 1 saturated carbocycles. The van der Waals surface area contributed by atoms with Crippen LogP contribution < -0.4 is 5.32 Å². The first kappa shape index (κ1) is 14.3. The number of aliphatic carboxylic acids is 1. The molecule has 0 saturated heterocycles. The number of carboxylic acids is 1. The molecule has 1 amide bonds. The van der Waals surface area contributed by atoms with Crippen LogP contribution in [0.1, 0.15) is 12.8 Å². The van der Waals surface area contributed by atoms with E-state index in [1.165, 1.54) is 0 Å². The van der Waals surface area contributed by atoms with Crippen LogP contribution in [-0.2, 0) is 9.59 Å². The summed E-state index contributed by atoms with van der Waals surface area (Å²) in [6.07, 6.45) is 5.73. The zero-order chi connectivity index (χ0) is 15.0. The van der Waals surface area contributed by atoms with E-state index in [4.69, 9.17) is 0 Å². The molecule has 0 unspecified atom stereocenters. The minimum absolute atomic E-state index is 0.0224. The molecule has 3 aliphatic carbocycles. The topological polar surface area (TPSA) is 66.4 Å². The molecule has 4 atom stereocenters. The first-order valence-corrected chi connectivity index (χ1v) is 7.83. The van der Waals surface area contributed by atoms with Crippen molar-refractivity contribution in [3.8, 4) is 0 Å². The Morgan fingerprint density at radius 2 is 1.81 bits per heavy atom. The molecule has 0 radical (unpaired) electrons. The normalized spacial score (nSPS) is 30.1. The summed E-state index contributed by atoms with van der Waals surface area (Å²) < 4.78 is 0.875. The summed E-state index contributed by atoms with van der Waals surface area (Å²) in [5.74, 6) is -2.15.